The van der Waals surface area contributed by atoms with Gasteiger partial charge in [0.2, 0.25) is 0 Å². The molecule has 2 atom stereocenters. The van der Waals surface area contributed by atoms with Crippen molar-refractivity contribution in [3.05, 3.63) is 0 Å². The van der Waals surface area contributed by atoms with Crippen molar-refractivity contribution in [2.75, 3.05) is 6.61 Å². The van der Waals surface area contributed by atoms with Crippen molar-refractivity contribution in [2.45, 2.75) is 40.5 Å². The molecular formula is C12H22O4. The molecule has 0 fully saturated rings. The van der Waals surface area contributed by atoms with Crippen LogP contribution in [0.1, 0.15) is 40.5 Å². The Morgan fingerprint density at radius 2 is 1.75 bits per heavy atom. The fraction of sp³-hybridized carbons (Fsp3) is 0.833. The zero-order valence-corrected chi connectivity index (χ0v) is 10.5. The molecule has 0 bridgehead atoms. The second kappa shape index (κ2) is 7.25. The lowest BCUT2D eigenvalue weighted by Gasteiger charge is -2.17. The summed E-state index contributed by atoms with van der Waals surface area (Å²) in [6.07, 6.45) is 1.27. The first kappa shape index (κ1) is 14.9. The molecule has 0 aliphatic rings. The first-order valence-electron chi connectivity index (χ1n) is 5.77. The van der Waals surface area contributed by atoms with Gasteiger partial charge in [0.1, 0.15) is 0 Å². The Morgan fingerprint density at radius 3 is 2.12 bits per heavy atom. The second-order valence-corrected chi connectivity index (χ2v) is 4.61. The van der Waals surface area contributed by atoms with Crippen LogP contribution >= 0.6 is 0 Å². The normalized spacial score (nSPS) is 14.6. The van der Waals surface area contributed by atoms with Crippen LogP contribution in [0.25, 0.3) is 0 Å². The number of carbonyl (C=O) groups is 2. The molecular weight excluding hydrogens is 208 g/mol. The summed E-state index contributed by atoms with van der Waals surface area (Å²) in [5, 5.41) is 8.95. The minimum absolute atomic E-state index is 0.213. The Balaban J connectivity index is 4.33. The van der Waals surface area contributed by atoms with Crippen LogP contribution in [0.15, 0.2) is 0 Å². The van der Waals surface area contributed by atoms with Crippen LogP contribution in [0.3, 0.4) is 0 Å². The van der Waals surface area contributed by atoms with Gasteiger partial charge >= 0.3 is 11.9 Å². The minimum atomic E-state index is -1.09. The molecule has 0 heterocycles. The van der Waals surface area contributed by atoms with Crippen LogP contribution in [-0.2, 0) is 14.3 Å². The molecule has 0 amide bonds. The van der Waals surface area contributed by atoms with E-state index >= 15 is 0 Å². The highest BCUT2D eigenvalue weighted by Gasteiger charge is 2.29. The molecule has 1 N–H and O–H groups in total. The molecule has 0 aromatic heterocycles. The summed E-state index contributed by atoms with van der Waals surface area (Å²) in [5.74, 6) is -2.01. The molecule has 0 aliphatic heterocycles. The molecule has 0 saturated heterocycles. The van der Waals surface area contributed by atoms with E-state index in [0.29, 0.717) is 12.3 Å². The van der Waals surface area contributed by atoms with Gasteiger partial charge in [0, 0.05) is 0 Å². The van der Waals surface area contributed by atoms with Gasteiger partial charge in [-0.05, 0) is 31.6 Å². The largest absolute Gasteiger partial charge is 0.481 e. The van der Waals surface area contributed by atoms with Gasteiger partial charge in [0.25, 0.3) is 0 Å². The van der Waals surface area contributed by atoms with Crippen molar-refractivity contribution >= 4 is 11.9 Å². The fourth-order valence-corrected chi connectivity index (χ4v) is 1.84. The molecule has 0 aromatic carbocycles. The quantitative estimate of drug-likeness (QED) is 0.538. The van der Waals surface area contributed by atoms with Gasteiger partial charge in [-0.25, -0.2) is 0 Å². The number of carboxylic acid groups (broad SMARTS) is 1. The number of esters is 1. The van der Waals surface area contributed by atoms with Crippen LogP contribution in [0, 0.1) is 17.8 Å². The van der Waals surface area contributed by atoms with Crippen LogP contribution in [0.5, 0.6) is 0 Å². The van der Waals surface area contributed by atoms with E-state index in [9.17, 15) is 9.59 Å². The molecule has 2 unspecified atom stereocenters. The number of hydrogen-bond acceptors (Lipinski definition) is 3. The molecule has 4 nitrogen and oxygen atoms in total. The van der Waals surface area contributed by atoms with Gasteiger partial charge in [-0.15, -0.1) is 0 Å². The highest BCUT2D eigenvalue weighted by Crippen LogP contribution is 2.20. The summed E-state index contributed by atoms with van der Waals surface area (Å²) >= 11 is 0. The highest BCUT2D eigenvalue weighted by molar-refractivity contribution is 5.93. The van der Waals surface area contributed by atoms with E-state index in [1.165, 1.54) is 0 Å². The molecule has 0 saturated carbocycles. The maximum Gasteiger partial charge on any atom is 0.320 e. The predicted molar refractivity (Wildman–Crippen MR) is 61.0 cm³/mol. The Bertz CT molecular complexity index is 235. The van der Waals surface area contributed by atoms with Gasteiger partial charge in [0.15, 0.2) is 5.92 Å². The summed E-state index contributed by atoms with van der Waals surface area (Å²) in [6.45, 7) is 8.03. The molecule has 4 heteroatoms. The Morgan fingerprint density at radius 1 is 1.19 bits per heavy atom. The maximum atomic E-state index is 11.4. The maximum absolute atomic E-state index is 11.4. The van der Waals surface area contributed by atoms with Gasteiger partial charge in [-0.1, -0.05) is 20.8 Å². The number of carboxylic acids is 1. The van der Waals surface area contributed by atoms with E-state index in [-0.39, 0.29) is 12.5 Å². The van der Waals surface area contributed by atoms with Gasteiger partial charge in [-0.3, -0.25) is 9.59 Å². The second-order valence-electron chi connectivity index (χ2n) is 4.61. The number of aliphatic carboxylic acids is 1. The van der Waals surface area contributed by atoms with E-state index < -0.39 is 17.9 Å². The topological polar surface area (TPSA) is 63.6 Å². The predicted octanol–water partition coefficient (Wildman–Crippen LogP) is 2.32. The molecule has 0 spiro atoms. The van der Waals surface area contributed by atoms with Crippen molar-refractivity contribution in [1.82, 2.24) is 0 Å². The summed E-state index contributed by atoms with van der Waals surface area (Å²) in [7, 11) is 0. The Labute approximate surface area is 97.0 Å². The summed E-state index contributed by atoms with van der Waals surface area (Å²) in [5.41, 5.74) is 0. The monoisotopic (exact) mass is 230 g/mol. The zero-order valence-electron chi connectivity index (χ0n) is 10.5. The average Bonchev–Trinajstić information content (AvgIpc) is 2.12. The third-order valence-corrected chi connectivity index (χ3v) is 2.38. The standard InChI is InChI=1S/C12H22O4/c1-5-16-12(15)10(11(13)14)7-9(4)6-8(2)3/h8-10H,5-7H2,1-4H3,(H,13,14). The Hall–Kier alpha value is -1.06. The van der Waals surface area contributed by atoms with Crippen molar-refractivity contribution < 1.29 is 19.4 Å². The summed E-state index contributed by atoms with van der Waals surface area (Å²) in [6, 6.07) is 0. The molecule has 0 rings (SSSR count). The number of rotatable bonds is 7. The average molecular weight is 230 g/mol. The van der Waals surface area contributed by atoms with E-state index in [2.05, 4.69) is 13.8 Å². The van der Waals surface area contributed by atoms with Crippen LogP contribution in [-0.4, -0.2) is 23.7 Å². The van der Waals surface area contributed by atoms with E-state index in [4.69, 9.17) is 9.84 Å². The zero-order chi connectivity index (χ0) is 12.7. The number of carbonyl (C=O) groups excluding carboxylic acids is 1. The molecule has 94 valence electrons. The first-order valence-corrected chi connectivity index (χ1v) is 5.77. The molecule has 16 heavy (non-hydrogen) atoms. The summed E-state index contributed by atoms with van der Waals surface area (Å²) < 4.78 is 4.75. The smallest absolute Gasteiger partial charge is 0.320 e. The number of ether oxygens (including phenoxy) is 1. The molecule has 0 aliphatic carbocycles. The van der Waals surface area contributed by atoms with Crippen LogP contribution in [0.4, 0.5) is 0 Å². The minimum Gasteiger partial charge on any atom is -0.481 e. The lowest BCUT2D eigenvalue weighted by Crippen LogP contribution is -2.28. The SMILES string of the molecule is CCOC(=O)C(CC(C)CC(C)C)C(=O)O. The molecule has 0 aromatic rings. The first-order chi connectivity index (χ1) is 7.38. The molecule has 0 radical (unpaired) electrons. The third-order valence-electron chi connectivity index (χ3n) is 2.38. The summed E-state index contributed by atoms with van der Waals surface area (Å²) in [4.78, 5) is 22.3. The third kappa shape index (κ3) is 5.73. The van der Waals surface area contributed by atoms with Gasteiger partial charge in [-0.2, -0.15) is 0 Å². The highest BCUT2D eigenvalue weighted by atomic mass is 16.5. The van der Waals surface area contributed by atoms with Gasteiger partial charge < -0.3 is 9.84 Å². The lowest BCUT2D eigenvalue weighted by molar-refractivity contribution is -0.159. The van der Waals surface area contributed by atoms with Gasteiger partial charge in [0.05, 0.1) is 6.61 Å². The lowest BCUT2D eigenvalue weighted by atomic mass is 9.89. The Kier molecular flexibility index (Phi) is 6.77. The fourth-order valence-electron chi connectivity index (χ4n) is 1.84. The van der Waals surface area contributed by atoms with Crippen molar-refractivity contribution in [1.29, 1.82) is 0 Å². The van der Waals surface area contributed by atoms with Crippen molar-refractivity contribution in [3.8, 4) is 0 Å². The van der Waals surface area contributed by atoms with Crippen LogP contribution < -0.4 is 0 Å². The van der Waals surface area contributed by atoms with Crippen LogP contribution in [0.2, 0.25) is 0 Å². The number of hydrogen-bond donors (Lipinski definition) is 1. The van der Waals surface area contributed by atoms with Crippen molar-refractivity contribution in [2.24, 2.45) is 17.8 Å². The van der Waals surface area contributed by atoms with Crippen molar-refractivity contribution in [3.63, 3.8) is 0 Å². The van der Waals surface area contributed by atoms with E-state index in [1.54, 1.807) is 6.92 Å². The van der Waals surface area contributed by atoms with E-state index in [1.807, 2.05) is 6.92 Å². The van der Waals surface area contributed by atoms with E-state index in [0.717, 1.165) is 6.42 Å².